The molecule has 0 saturated carbocycles. The molecule has 5 rings (SSSR count). The van der Waals surface area contributed by atoms with Gasteiger partial charge in [0.2, 0.25) is 0 Å². The number of carboxylic acid groups (broad SMARTS) is 1. The van der Waals surface area contributed by atoms with Crippen LogP contribution in [-0.2, 0) is 14.3 Å². The molecule has 2 amide bonds. The van der Waals surface area contributed by atoms with Crippen LogP contribution < -0.4 is 10.6 Å². The molecule has 0 unspecified atom stereocenters. The zero-order valence-corrected chi connectivity index (χ0v) is 18.7. The van der Waals surface area contributed by atoms with Gasteiger partial charge in [-0.3, -0.25) is 20.0 Å². The van der Waals surface area contributed by atoms with Gasteiger partial charge in [0.05, 0.1) is 18.6 Å². The van der Waals surface area contributed by atoms with E-state index in [9.17, 15) is 14.4 Å². The molecular formula is C25H24N4O6. The number of ether oxygens (including phenoxy) is 2. The van der Waals surface area contributed by atoms with Crippen LogP contribution >= 0.6 is 0 Å². The van der Waals surface area contributed by atoms with Crippen LogP contribution in [0.25, 0.3) is 11.1 Å². The van der Waals surface area contributed by atoms with E-state index in [1.54, 1.807) is 0 Å². The minimum Gasteiger partial charge on any atom is -0.481 e. The first kappa shape index (κ1) is 22.6. The van der Waals surface area contributed by atoms with Crippen LogP contribution in [0.15, 0.2) is 54.6 Å². The highest BCUT2D eigenvalue weighted by Crippen LogP contribution is 2.44. The van der Waals surface area contributed by atoms with Crippen LogP contribution in [0, 0.1) is 5.92 Å². The van der Waals surface area contributed by atoms with Crippen molar-refractivity contribution in [2.24, 2.45) is 5.92 Å². The number of hydrogen-bond acceptors (Lipinski definition) is 6. The van der Waals surface area contributed by atoms with Crippen LogP contribution in [-0.4, -0.2) is 59.1 Å². The number of aromatic nitrogens is 2. The Kier molecular flexibility index (Phi) is 6.19. The van der Waals surface area contributed by atoms with Crippen molar-refractivity contribution >= 4 is 23.8 Å². The van der Waals surface area contributed by atoms with Gasteiger partial charge in [-0.2, -0.15) is 5.10 Å². The highest BCUT2D eigenvalue weighted by Gasteiger charge is 2.31. The molecule has 1 aliphatic carbocycles. The van der Waals surface area contributed by atoms with E-state index in [0.717, 1.165) is 22.3 Å². The van der Waals surface area contributed by atoms with Gasteiger partial charge in [-0.1, -0.05) is 48.5 Å². The van der Waals surface area contributed by atoms with Crippen molar-refractivity contribution in [3.8, 4) is 11.1 Å². The van der Waals surface area contributed by atoms with Gasteiger partial charge >= 0.3 is 12.1 Å². The Morgan fingerprint density at radius 1 is 1.09 bits per heavy atom. The molecule has 2 aliphatic rings. The van der Waals surface area contributed by atoms with E-state index in [4.69, 9.17) is 14.6 Å². The Morgan fingerprint density at radius 2 is 1.77 bits per heavy atom. The Hall–Kier alpha value is -4.18. The summed E-state index contributed by atoms with van der Waals surface area (Å²) in [5, 5.41) is 20.7. The van der Waals surface area contributed by atoms with Gasteiger partial charge in [0.15, 0.2) is 5.82 Å². The molecular weight excluding hydrogens is 452 g/mol. The monoisotopic (exact) mass is 476 g/mol. The van der Waals surface area contributed by atoms with Crippen LogP contribution in [0.5, 0.6) is 0 Å². The standard InChI is InChI=1S/C25H24N4O6/c30-23(26-11-15-9-14(12-34-15)24(31)32)21-10-22(29-28-21)27-25(33)35-13-20-18-7-3-1-5-16(18)17-6-2-4-8-19(17)20/h1-8,10,14-15,20H,9,11-13H2,(H,26,30)(H,31,32)(H2,27,28,29,33)/t14-,15-/m0/s1. The van der Waals surface area contributed by atoms with Gasteiger partial charge in [-0.05, 0) is 28.7 Å². The lowest BCUT2D eigenvalue weighted by atomic mass is 9.98. The number of fused-ring (bicyclic) bond motifs is 3. The Bertz CT molecular complexity index is 1230. The second kappa shape index (κ2) is 9.59. The van der Waals surface area contributed by atoms with E-state index in [1.807, 2.05) is 36.4 Å². The molecule has 10 nitrogen and oxygen atoms in total. The molecule has 10 heteroatoms. The van der Waals surface area contributed by atoms with Crippen molar-refractivity contribution in [3.05, 3.63) is 71.4 Å². The van der Waals surface area contributed by atoms with E-state index in [1.165, 1.54) is 6.07 Å². The number of carboxylic acids is 1. The average Bonchev–Trinajstić information content (AvgIpc) is 3.59. The van der Waals surface area contributed by atoms with Crippen molar-refractivity contribution < 1.29 is 29.0 Å². The molecule has 35 heavy (non-hydrogen) atoms. The molecule has 1 aliphatic heterocycles. The van der Waals surface area contributed by atoms with E-state index in [-0.39, 0.29) is 43.3 Å². The third kappa shape index (κ3) is 4.73. The van der Waals surface area contributed by atoms with Crippen LogP contribution in [0.1, 0.15) is 34.0 Å². The van der Waals surface area contributed by atoms with Gasteiger partial charge in [0, 0.05) is 18.5 Å². The largest absolute Gasteiger partial charge is 0.481 e. The maximum atomic E-state index is 12.4. The lowest BCUT2D eigenvalue weighted by Gasteiger charge is -2.14. The highest BCUT2D eigenvalue weighted by molar-refractivity contribution is 5.94. The number of hydrogen-bond donors (Lipinski definition) is 4. The topological polar surface area (TPSA) is 143 Å². The fraction of sp³-hybridized carbons (Fsp3) is 0.280. The van der Waals surface area contributed by atoms with E-state index in [0.29, 0.717) is 6.42 Å². The number of anilines is 1. The molecule has 2 heterocycles. The number of carbonyl (C=O) groups is 3. The summed E-state index contributed by atoms with van der Waals surface area (Å²) in [7, 11) is 0. The molecule has 1 fully saturated rings. The molecule has 0 radical (unpaired) electrons. The molecule has 2 aromatic carbocycles. The molecule has 1 aromatic heterocycles. The Morgan fingerprint density at radius 3 is 2.43 bits per heavy atom. The van der Waals surface area contributed by atoms with Crippen LogP contribution in [0.3, 0.4) is 0 Å². The van der Waals surface area contributed by atoms with Crippen molar-refractivity contribution in [1.82, 2.24) is 15.5 Å². The molecule has 2 atom stereocenters. The Balaban J connectivity index is 1.13. The van der Waals surface area contributed by atoms with Gasteiger partial charge in [-0.15, -0.1) is 0 Å². The van der Waals surface area contributed by atoms with Crippen molar-refractivity contribution in [3.63, 3.8) is 0 Å². The van der Waals surface area contributed by atoms with Crippen LogP contribution in [0.4, 0.5) is 10.6 Å². The molecule has 0 spiro atoms. The number of carbonyl (C=O) groups excluding carboxylic acids is 2. The zero-order valence-electron chi connectivity index (χ0n) is 18.7. The second-order valence-corrected chi connectivity index (χ2v) is 8.55. The first-order chi connectivity index (χ1) is 17.0. The first-order valence-corrected chi connectivity index (χ1v) is 11.3. The summed E-state index contributed by atoms with van der Waals surface area (Å²) in [6.45, 7) is 0.473. The smallest absolute Gasteiger partial charge is 0.412 e. The number of nitrogens with zero attached hydrogens (tertiary/aromatic N) is 1. The predicted molar refractivity (Wildman–Crippen MR) is 125 cm³/mol. The number of rotatable bonds is 7. The molecule has 3 aromatic rings. The molecule has 1 saturated heterocycles. The number of aliphatic carboxylic acids is 1. The van der Waals surface area contributed by atoms with Crippen molar-refractivity contribution in [1.29, 1.82) is 0 Å². The lowest BCUT2D eigenvalue weighted by Crippen LogP contribution is -2.32. The number of H-pyrrole nitrogens is 1. The minimum atomic E-state index is -0.906. The fourth-order valence-electron chi connectivity index (χ4n) is 4.56. The fourth-order valence-corrected chi connectivity index (χ4v) is 4.56. The second-order valence-electron chi connectivity index (χ2n) is 8.55. The zero-order chi connectivity index (χ0) is 24.4. The first-order valence-electron chi connectivity index (χ1n) is 11.3. The summed E-state index contributed by atoms with van der Waals surface area (Å²) in [4.78, 5) is 35.8. The summed E-state index contributed by atoms with van der Waals surface area (Å²) in [5.74, 6) is -1.82. The van der Waals surface area contributed by atoms with Crippen molar-refractivity contribution in [2.75, 3.05) is 25.1 Å². The summed E-state index contributed by atoms with van der Waals surface area (Å²) >= 11 is 0. The van der Waals surface area contributed by atoms with Crippen LogP contribution in [0.2, 0.25) is 0 Å². The SMILES string of the molecule is O=C(Nc1cc(C(=O)NC[C@@H]2C[C@H](C(=O)O)CO2)[nH]n1)OCC1c2ccccc2-c2ccccc21. The highest BCUT2D eigenvalue weighted by atomic mass is 16.5. The molecule has 4 N–H and O–H groups in total. The van der Waals surface area contributed by atoms with Gasteiger partial charge < -0.3 is 19.9 Å². The average molecular weight is 476 g/mol. The summed E-state index contributed by atoms with van der Waals surface area (Å²) < 4.78 is 10.9. The van der Waals surface area contributed by atoms with E-state index in [2.05, 4.69) is 33.0 Å². The number of aromatic amines is 1. The lowest BCUT2D eigenvalue weighted by molar-refractivity contribution is -0.141. The quantitative estimate of drug-likeness (QED) is 0.411. The van der Waals surface area contributed by atoms with Gasteiger partial charge in [0.25, 0.3) is 5.91 Å². The maximum absolute atomic E-state index is 12.4. The summed E-state index contributed by atoms with van der Waals surface area (Å²) in [6.07, 6.45) is -0.696. The summed E-state index contributed by atoms with van der Waals surface area (Å²) in [6, 6.07) is 17.5. The van der Waals surface area contributed by atoms with Gasteiger partial charge in [0.1, 0.15) is 12.3 Å². The number of benzene rings is 2. The normalized spacial score (nSPS) is 18.5. The molecule has 0 bridgehead atoms. The molecule has 180 valence electrons. The third-order valence-corrected chi connectivity index (χ3v) is 6.32. The Labute approximate surface area is 200 Å². The third-order valence-electron chi connectivity index (χ3n) is 6.32. The maximum Gasteiger partial charge on any atom is 0.412 e. The number of nitrogens with one attached hydrogen (secondary N) is 3. The number of amides is 2. The van der Waals surface area contributed by atoms with Gasteiger partial charge in [-0.25, -0.2) is 4.79 Å². The van der Waals surface area contributed by atoms with E-state index >= 15 is 0 Å². The predicted octanol–water partition coefficient (Wildman–Crippen LogP) is 2.99. The minimum absolute atomic E-state index is 0.0628. The summed E-state index contributed by atoms with van der Waals surface area (Å²) in [5.41, 5.74) is 4.65. The van der Waals surface area contributed by atoms with Crippen molar-refractivity contribution in [2.45, 2.75) is 18.4 Å². The van der Waals surface area contributed by atoms with E-state index < -0.39 is 23.9 Å².